The van der Waals surface area contributed by atoms with E-state index in [0.717, 1.165) is 11.8 Å². The molecule has 12 heteroatoms. The van der Waals surface area contributed by atoms with Crippen molar-refractivity contribution in [1.82, 2.24) is 24.8 Å². The van der Waals surface area contributed by atoms with Gasteiger partial charge in [-0.15, -0.1) is 0 Å². The fraction of sp³-hybridized carbons (Fsp3) is 0.357. The van der Waals surface area contributed by atoms with Crippen molar-refractivity contribution in [3.05, 3.63) is 71.1 Å². The molecular weight excluding hydrogens is 528 g/mol. The average molecular weight is 557 g/mol. The number of benzene rings is 1. The Bertz CT molecular complexity index is 1560. The molecule has 2 N–H and O–H groups in total. The molecule has 0 aliphatic carbocycles. The molecule has 1 amide bonds. The van der Waals surface area contributed by atoms with E-state index in [0.29, 0.717) is 40.9 Å². The Hall–Kier alpha value is -4.22. The molecule has 0 bridgehead atoms. The standard InChI is InChI=1S/C28H28F4N6O2/c1-27(2,3)40-26(39)38-11-9-20-22(15-38)36-24(16-12-17(29)14-33-13-16)37-25(20)34-10-8-19-18-6-4-5-7-21(18)35-23(19)28(30,31)32/h4-7,12-14,35H,8-11,15H2,1-3H3,(H,34,36,37). The normalized spacial score (nSPS) is 13.8. The van der Waals surface area contributed by atoms with Crippen molar-refractivity contribution in [2.24, 2.45) is 0 Å². The van der Waals surface area contributed by atoms with E-state index in [-0.39, 0.29) is 30.9 Å². The molecule has 210 valence electrons. The van der Waals surface area contributed by atoms with Crippen LogP contribution >= 0.6 is 0 Å². The summed E-state index contributed by atoms with van der Waals surface area (Å²) >= 11 is 0. The number of aromatic nitrogens is 4. The summed E-state index contributed by atoms with van der Waals surface area (Å²) in [6.07, 6.45) is -2.07. The quantitative estimate of drug-likeness (QED) is 0.288. The van der Waals surface area contributed by atoms with Crippen LogP contribution in [0.15, 0.2) is 42.7 Å². The van der Waals surface area contributed by atoms with Crippen LogP contribution in [0.1, 0.15) is 43.3 Å². The van der Waals surface area contributed by atoms with Crippen molar-refractivity contribution in [2.75, 3.05) is 18.4 Å². The third-order valence-corrected chi connectivity index (χ3v) is 6.44. The number of para-hydroxylation sites is 1. The molecule has 0 fully saturated rings. The van der Waals surface area contributed by atoms with Crippen LogP contribution in [0.2, 0.25) is 0 Å². The topological polar surface area (TPSA) is 96.0 Å². The summed E-state index contributed by atoms with van der Waals surface area (Å²) in [7, 11) is 0. The SMILES string of the molecule is CC(C)(C)OC(=O)N1CCc2c(nc(-c3cncc(F)c3)nc2NCCc2c(C(F)(F)F)[nH]c3ccccc23)C1. The van der Waals surface area contributed by atoms with Crippen molar-refractivity contribution < 1.29 is 27.1 Å². The van der Waals surface area contributed by atoms with Gasteiger partial charge in [-0.3, -0.25) is 4.98 Å². The molecular formula is C28H28F4N6O2. The molecule has 4 heterocycles. The Balaban J connectivity index is 1.45. The van der Waals surface area contributed by atoms with Gasteiger partial charge in [0.1, 0.15) is 22.9 Å². The lowest BCUT2D eigenvalue weighted by Gasteiger charge is -2.31. The first-order chi connectivity index (χ1) is 18.9. The summed E-state index contributed by atoms with van der Waals surface area (Å²) in [4.78, 5) is 29.8. The third-order valence-electron chi connectivity index (χ3n) is 6.44. The Kier molecular flexibility index (Phi) is 7.11. The van der Waals surface area contributed by atoms with Crippen LogP contribution < -0.4 is 5.32 Å². The summed E-state index contributed by atoms with van der Waals surface area (Å²) in [6.45, 7) is 5.96. The molecule has 5 rings (SSSR count). The Morgan fingerprint density at radius 1 is 1.15 bits per heavy atom. The highest BCUT2D eigenvalue weighted by Gasteiger charge is 2.36. The molecule has 0 unspecified atom stereocenters. The maximum absolute atomic E-state index is 13.9. The maximum atomic E-state index is 13.9. The fourth-order valence-electron chi connectivity index (χ4n) is 4.73. The Labute approximate surface area is 227 Å². The number of nitrogens with zero attached hydrogens (tertiary/aromatic N) is 4. The van der Waals surface area contributed by atoms with Gasteiger partial charge in [0.05, 0.1) is 18.4 Å². The number of alkyl halides is 3. The van der Waals surface area contributed by atoms with Crippen molar-refractivity contribution in [3.63, 3.8) is 0 Å². The molecule has 4 aromatic rings. The van der Waals surface area contributed by atoms with Crippen LogP contribution in [0.5, 0.6) is 0 Å². The number of hydrogen-bond acceptors (Lipinski definition) is 6. The predicted octanol–water partition coefficient (Wildman–Crippen LogP) is 6.13. The minimum Gasteiger partial charge on any atom is -0.444 e. The molecule has 0 spiro atoms. The summed E-state index contributed by atoms with van der Waals surface area (Å²) in [6, 6.07) is 7.89. The van der Waals surface area contributed by atoms with E-state index in [9.17, 15) is 22.4 Å². The highest BCUT2D eigenvalue weighted by molar-refractivity contribution is 5.85. The lowest BCUT2D eigenvalue weighted by atomic mass is 10.0. The number of anilines is 1. The van der Waals surface area contributed by atoms with Gasteiger partial charge < -0.3 is 19.9 Å². The zero-order valence-corrected chi connectivity index (χ0v) is 22.2. The van der Waals surface area contributed by atoms with E-state index >= 15 is 0 Å². The monoisotopic (exact) mass is 556 g/mol. The van der Waals surface area contributed by atoms with Gasteiger partial charge >= 0.3 is 12.3 Å². The van der Waals surface area contributed by atoms with Crippen LogP contribution in [-0.4, -0.2) is 49.6 Å². The molecule has 0 saturated heterocycles. The van der Waals surface area contributed by atoms with Gasteiger partial charge in [-0.1, -0.05) is 18.2 Å². The molecule has 0 atom stereocenters. The summed E-state index contributed by atoms with van der Waals surface area (Å²) in [5, 5.41) is 3.68. The highest BCUT2D eigenvalue weighted by atomic mass is 19.4. The zero-order chi connectivity index (χ0) is 28.7. The molecule has 3 aromatic heterocycles. The highest BCUT2D eigenvalue weighted by Crippen LogP contribution is 2.36. The molecule has 1 aliphatic rings. The minimum atomic E-state index is -4.54. The van der Waals surface area contributed by atoms with Gasteiger partial charge in [-0.25, -0.2) is 19.2 Å². The van der Waals surface area contributed by atoms with Crippen LogP contribution in [0, 0.1) is 5.82 Å². The van der Waals surface area contributed by atoms with Crippen LogP contribution in [0.25, 0.3) is 22.3 Å². The summed E-state index contributed by atoms with van der Waals surface area (Å²) < 4.78 is 60.8. The number of nitrogens with one attached hydrogen (secondary N) is 2. The van der Waals surface area contributed by atoms with Gasteiger partial charge in [-0.2, -0.15) is 13.2 Å². The van der Waals surface area contributed by atoms with Crippen LogP contribution in [-0.2, 0) is 30.3 Å². The second kappa shape index (κ2) is 10.4. The number of rotatable bonds is 5. The Morgan fingerprint density at radius 2 is 1.93 bits per heavy atom. The minimum absolute atomic E-state index is 0.0680. The molecule has 40 heavy (non-hydrogen) atoms. The number of aromatic amines is 1. The van der Waals surface area contributed by atoms with E-state index in [1.807, 2.05) is 0 Å². The van der Waals surface area contributed by atoms with Crippen molar-refractivity contribution in [3.8, 4) is 11.4 Å². The number of carbonyl (C=O) groups is 1. The largest absolute Gasteiger partial charge is 0.444 e. The second-order valence-electron chi connectivity index (χ2n) is 10.6. The number of H-pyrrole nitrogens is 1. The van der Waals surface area contributed by atoms with E-state index in [1.54, 1.807) is 45.0 Å². The smallest absolute Gasteiger partial charge is 0.431 e. The molecule has 1 aliphatic heterocycles. The second-order valence-corrected chi connectivity index (χ2v) is 10.6. The van der Waals surface area contributed by atoms with Crippen LogP contribution in [0.4, 0.5) is 28.2 Å². The Morgan fingerprint density at radius 3 is 2.65 bits per heavy atom. The first-order valence-corrected chi connectivity index (χ1v) is 12.8. The van der Waals surface area contributed by atoms with E-state index in [4.69, 9.17) is 4.74 Å². The number of fused-ring (bicyclic) bond motifs is 2. The first kappa shape index (κ1) is 27.4. The van der Waals surface area contributed by atoms with Gasteiger partial charge in [0.25, 0.3) is 0 Å². The molecule has 1 aromatic carbocycles. The lowest BCUT2D eigenvalue weighted by Crippen LogP contribution is -2.40. The van der Waals surface area contributed by atoms with Gasteiger partial charge in [-0.05, 0) is 51.3 Å². The van der Waals surface area contributed by atoms with Gasteiger partial charge in [0, 0.05) is 41.3 Å². The van der Waals surface area contributed by atoms with E-state index in [2.05, 4.69) is 25.3 Å². The van der Waals surface area contributed by atoms with Gasteiger partial charge in [0.2, 0.25) is 0 Å². The third kappa shape index (κ3) is 5.85. The number of amides is 1. The average Bonchev–Trinajstić information content (AvgIpc) is 3.26. The molecule has 0 saturated carbocycles. The van der Waals surface area contributed by atoms with E-state index in [1.165, 1.54) is 17.2 Å². The summed E-state index contributed by atoms with van der Waals surface area (Å²) in [5.74, 6) is 0.0339. The summed E-state index contributed by atoms with van der Waals surface area (Å²) in [5.41, 5.74) is 0.721. The van der Waals surface area contributed by atoms with E-state index < -0.39 is 29.4 Å². The zero-order valence-electron chi connectivity index (χ0n) is 22.2. The number of halogens is 4. The number of pyridine rings is 1. The molecule has 8 nitrogen and oxygen atoms in total. The van der Waals surface area contributed by atoms with Gasteiger partial charge in [0.15, 0.2) is 5.82 Å². The lowest BCUT2D eigenvalue weighted by molar-refractivity contribution is -0.141. The fourth-order valence-corrected chi connectivity index (χ4v) is 4.73. The number of carbonyl (C=O) groups excluding carboxylic acids is 1. The first-order valence-electron chi connectivity index (χ1n) is 12.8. The van der Waals surface area contributed by atoms with Crippen molar-refractivity contribution in [2.45, 2.75) is 51.9 Å². The van der Waals surface area contributed by atoms with Crippen LogP contribution in [0.3, 0.4) is 0 Å². The molecule has 0 radical (unpaired) electrons. The maximum Gasteiger partial charge on any atom is 0.431 e. The van der Waals surface area contributed by atoms with Crippen molar-refractivity contribution in [1.29, 1.82) is 0 Å². The number of ether oxygens (including phenoxy) is 1. The number of hydrogen-bond donors (Lipinski definition) is 2. The van der Waals surface area contributed by atoms with Crippen molar-refractivity contribution >= 4 is 22.8 Å². The predicted molar refractivity (Wildman–Crippen MR) is 141 cm³/mol.